The molecule has 0 unspecified atom stereocenters. The molecule has 1 amide bonds. The van der Waals surface area contributed by atoms with Crippen molar-refractivity contribution in [1.82, 2.24) is 0 Å². The molecule has 3 rings (SSSR count). The molecular weight excluding hydrogens is 326 g/mol. The summed E-state index contributed by atoms with van der Waals surface area (Å²) in [6.07, 6.45) is 0. The van der Waals surface area contributed by atoms with E-state index in [4.69, 9.17) is 4.74 Å². The SMILES string of the molecule is Cc1ccc(OCC(=O)Nc2ccc(N3CC[NH+](C)CC3)cc2)c(C)c1. The van der Waals surface area contributed by atoms with Gasteiger partial charge in [-0.05, 0) is 49.7 Å². The number of anilines is 2. The number of amides is 1. The van der Waals surface area contributed by atoms with Gasteiger partial charge in [-0.2, -0.15) is 0 Å². The molecule has 1 aliphatic rings. The van der Waals surface area contributed by atoms with Crippen LogP contribution in [0.25, 0.3) is 0 Å². The number of carbonyl (C=O) groups excluding carboxylic acids is 1. The molecule has 1 saturated heterocycles. The van der Waals surface area contributed by atoms with Gasteiger partial charge in [0.25, 0.3) is 5.91 Å². The minimum Gasteiger partial charge on any atom is -0.483 e. The van der Waals surface area contributed by atoms with E-state index in [9.17, 15) is 4.79 Å². The van der Waals surface area contributed by atoms with Crippen molar-refractivity contribution in [1.29, 1.82) is 0 Å². The van der Waals surface area contributed by atoms with Crippen LogP contribution in [0.15, 0.2) is 42.5 Å². The molecule has 0 aromatic heterocycles. The average molecular weight is 354 g/mol. The van der Waals surface area contributed by atoms with E-state index in [-0.39, 0.29) is 12.5 Å². The summed E-state index contributed by atoms with van der Waals surface area (Å²) in [5.74, 6) is 0.596. The molecule has 5 heteroatoms. The van der Waals surface area contributed by atoms with Crippen LogP contribution < -0.4 is 19.9 Å². The van der Waals surface area contributed by atoms with Gasteiger partial charge in [0, 0.05) is 11.4 Å². The van der Waals surface area contributed by atoms with Crippen molar-refractivity contribution in [3.63, 3.8) is 0 Å². The van der Waals surface area contributed by atoms with Gasteiger partial charge in [0.05, 0.1) is 33.2 Å². The van der Waals surface area contributed by atoms with E-state index in [0.717, 1.165) is 43.2 Å². The molecule has 1 aliphatic heterocycles. The van der Waals surface area contributed by atoms with Crippen LogP contribution >= 0.6 is 0 Å². The maximum Gasteiger partial charge on any atom is 0.262 e. The Kier molecular flexibility index (Phi) is 5.78. The lowest BCUT2D eigenvalue weighted by molar-refractivity contribution is -0.880. The highest BCUT2D eigenvalue weighted by Gasteiger charge is 2.16. The molecule has 0 aliphatic carbocycles. The Balaban J connectivity index is 1.51. The highest BCUT2D eigenvalue weighted by Crippen LogP contribution is 2.20. The molecule has 2 aromatic rings. The fourth-order valence-corrected chi connectivity index (χ4v) is 3.20. The third kappa shape index (κ3) is 4.76. The molecule has 2 aromatic carbocycles. The number of hydrogen-bond acceptors (Lipinski definition) is 3. The van der Waals surface area contributed by atoms with Crippen LogP contribution in [0.5, 0.6) is 5.75 Å². The number of ether oxygens (including phenoxy) is 1. The number of piperazine rings is 1. The normalized spacial score (nSPS) is 15.0. The summed E-state index contributed by atoms with van der Waals surface area (Å²) in [5, 5.41) is 2.89. The molecule has 5 nitrogen and oxygen atoms in total. The van der Waals surface area contributed by atoms with Gasteiger partial charge in [0.1, 0.15) is 5.75 Å². The largest absolute Gasteiger partial charge is 0.483 e. The first-order chi connectivity index (χ1) is 12.5. The van der Waals surface area contributed by atoms with Crippen molar-refractivity contribution < 1.29 is 14.4 Å². The van der Waals surface area contributed by atoms with Gasteiger partial charge < -0.3 is 19.9 Å². The Morgan fingerprint density at radius 1 is 1.12 bits per heavy atom. The molecule has 0 spiro atoms. The number of quaternary nitrogens is 1. The molecular formula is C21H28N3O2+. The predicted molar refractivity (Wildman–Crippen MR) is 105 cm³/mol. The van der Waals surface area contributed by atoms with E-state index < -0.39 is 0 Å². The Morgan fingerprint density at radius 2 is 1.81 bits per heavy atom. The molecule has 0 radical (unpaired) electrons. The molecule has 1 heterocycles. The van der Waals surface area contributed by atoms with E-state index in [1.807, 2.05) is 44.2 Å². The van der Waals surface area contributed by atoms with Crippen molar-refractivity contribution >= 4 is 17.3 Å². The quantitative estimate of drug-likeness (QED) is 0.858. The second kappa shape index (κ2) is 8.23. The van der Waals surface area contributed by atoms with Crippen LogP contribution in [-0.4, -0.2) is 45.7 Å². The second-order valence-electron chi connectivity index (χ2n) is 7.10. The van der Waals surface area contributed by atoms with Crippen LogP contribution in [0.3, 0.4) is 0 Å². The molecule has 26 heavy (non-hydrogen) atoms. The number of carbonyl (C=O) groups is 1. The van der Waals surface area contributed by atoms with Crippen LogP contribution in [-0.2, 0) is 4.79 Å². The highest BCUT2D eigenvalue weighted by atomic mass is 16.5. The lowest BCUT2D eigenvalue weighted by Gasteiger charge is -2.31. The van der Waals surface area contributed by atoms with Crippen molar-refractivity contribution in [3.05, 3.63) is 53.6 Å². The summed E-state index contributed by atoms with van der Waals surface area (Å²) in [5.41, 5.74) is 4.22. The van der Waals surface area contributed by atoms with E-state index >= 15 is 0 Å². The van der Waals surface area contributed by atoms with E-state index in [2.05, 4.69) is 29.4 Å². The first-order valence-electron chi connectivity index (χ1n) is 9.17. The fraction of sp³-hybridized carbons (Fsp3) is 0.381. The predicted octanol–water partition coefficient (Wildman–Crippen LogP) is 1.66. The van der Waals surface area contributed by atoms with Crippen LogP contribution in [0.2, 0.25) is 0 Å². The second-order valence-corrected chi connectivity index (χ2v) is 7.10. The summed E-state index contributed by atoms with van der Waals surface area (Å²) < 4.78 is 5.63. The summed E-state index contributed by atoms with van der Waals surface area (Å²) in [7, 11) is 2.23. The molecule has 0 saturated carbocycles. The van der Waals surface area contributed by atoms with Crippen molar-refractivity contribution in [2.75, 3.05) is 50.1 Å². The third-order valence-electron chi connectivity index (χ3n) is 4.82. The molecule has 0 bridgehead atoms. The number of likely N-dealkylation sites (N-methyl/N-ethyl adjacent to an activating group) is 1. The zero-order chi connectivity index (χ0) is 18.5. The van der Waals surface area contributed by atoms with Gasteiger partial charge in [-0.15, -0.1) is 0 Å². The van der Waals surface area contributed by atoms with Gasteiger partial charge in [-0.1, -0.05) is 17.7 Å². The maximum absolute atomic E-state index is 12.1. The van der Waals surface area contributed by atoms with Gasteiger partial charge >= 0.3 is 0 Å². The zero-order valence-electron chi connectivity index (χ0n) is 15.8. The highest BCUT2D eigenvalue weighted by molar-refractivity contribution is 5.92. The Morgan fingerprint density at radius 3 is 2.46 bits per heavy atom. The molecule has 138 valence electrons. The monoisotopic (exact) mass is 354 g/mol. The van der Waals surface area contributed by atoms with Crippen molar-refractivity contribution in [2.24, 2.45) is 0 Å². The van der Waals surface area contributed by atoms with E-state index in [1.165, 1.54) is 11.3 Å². The van der Waals surface area contributed by atoms with Crippen LogP contribution in [0.1, 0.15) is 11.1 Å². The summed E-state index contributed by atoms with van der Waals surface area (Å²) in [4.78, 5) is 16.1. The summed E-state index contributed by atoms with van der Waals surface area (Å²) in [6.45, 7) is 8.49. The third-order valence-corrected chi connectivity index (χ3v) is 4.82. The van der Waals surface area contributed by atoms with Crippen LogP contribution in [0, 0.1) is 13.8 Å². The fourth-order valence-electron chi connectivity index (χ4n) is 3.20. The van der Waals surface area contributed by atoms with Crippen molar-refractivity contribution in [2.45, 2.75) is 13.8 Å². The molecule has 0 atom stereocenters. The van der Waals surface area contributed by atoms with Gasteiger partial charge in [-0.3, -0.25) is 4.79 Å². The number of aryl methyl sites for hydroxylation is 2. The standard InChI is InChI=1S/C21H27N3O2/c1-16-4-9-20(17(2)14-16)26-15-21(25)22-18-5-7-19(8-6-18)24-12-10-23(3)11-13-24/h4-9,14H,10-13,15H2,1-3H3,(H,22,25)/p+1. The Bertz CT molecular complexity index is 750. The molecule has 1 fully saturated rings. The number of rotatable bonds is 5. The molecule has 2 N–H and O–H groups in total. The topological polar surface area (TPSA) is 46.0 Å². The minimum absolute atomic E-state index is 0.00683. The van der Waals surface area contributed by atoms with Crippen molar-refractivity contribution in [3.8, 4) is 5.75 Å². The van der Waals surface area contributed by atoms with Gasteiger partial charge in [0.2, 0.25) is 0 Å². The van der Waals surface area contributed by atoms with Crippen LogP contribution in [0.4, 0.5) is 11.4 Å². The smallest absolute Gasteiger partial charge is 0.262 e. The lowest BCUT2D eigenvalue weighted by Crippen LogP contribution is -3.12. The van der Waals surface area contributed by atoms with E-state index in [0.29, 0.717) is 0 Å². The first-order valence-corrected chi connectivity index (χ1v) is 9.17. The maximum atomic E-state index is 12.1. The summed E-state index contributed by atoms with van der Waals surface area (Å²) in [6, 6.07) is 14.0. The lowest BCUT2D eigenvalue weighted by atomic mass is 10.1. The van der Waals surface area contributed by atoms with Gasteiger partial charge in [-0.25, -0.2) is 0 Å². The number of benzene rings is 2. The number of hydrogen-bond donors (Lipinski definition) is 2. The first kappa shape index (κ1) is 18.3. The Labute approximate surface area is 155 Å². The minimum atomic E-state index is -0.152. The van der Waals surface area contributed by atoms with Gasteiger partial charge in [0.15, 0.2) is 6.61 Å². The number of nitrogens with one attached hydrogen (secondary N) is 2. The van der Waals surface area contributed by atoms with E-state index in [1.54, 1.807) is 4.90 Å². The zero-order valence-corrected chi connectivity index (χ0v) is 15.8. The average Bonchev–Trinajstić information content (AvgIpc) is 2.62. The number of nitrogens with zero attached hydrogens (tertiary/aromatic N) is 1. The Hall–Kier alpha value is -2.53. The summed E-state index contributed by atoms with van der Waals surface area (Å²) >= 11 is 0.